The summed E-state index contributed by atoms with van der Waals surface area (Å²) >= 11 is 0. The molecule has 74 valence electrons. The number of nitrogens with two attached hydrogens (primary N) is 2. The zero-order valence-corrected chi connectivity index (χ0v) is 6.89. The molecule has 0 fully saturated rings. The molecule has 0 bridgehead atoms. The Balaban J connectivity index is 0. The molecule has 0 aliphatic carbocycles. The summed E-state index contributed by atoms with van der Waals surface area (Å²) in [7, 11) is -4.64. The van der Waals surface area contributed by atoms with Gasteiger partial charge in [0.05, 0.1) is 6.61 Å². The first-order valence-electron chi connectivity index (χ1n) is 2.62. The zero-order chi connectivity index (χ0) is 10.4. The van der Waals surface area contributed by atoms with Gasteiger partial charge in [-0.1, -0.05) is 0 Å². The largest absolute Gasteiger partial charge is 0.466 e. The lowest BCUT2D eigenvalue weighted by molar-refractivity contribution is -0.120. The lowest BCUT2D eigenvalue weighted by Gasteiger charge is -1.97. The molecule has 12 heavy (non-hydrogen) atoms. The minimum Gasteiger partial charge on any atom is -0.394 e. The van der Waals surface area contributed by atoms with Crippen LogP contribution in [0, 0.1) is 0 Å². The van der Waals surface area contributed by atoms with Crippen molar-refractivity contribution in [3.63, 3.8) is 0 Å². The fourth-order valence-corrected chi connectivity index (χ4v) is 0.0900. The molecule has 1 atom stereocenters. The second kappa shape index (κ2) is 6.06. The van der Waals surface area contributed by atoms with Crippen molar-refractivity contribution in [2.24, 2.45) is 11.5 Å². The van der Waals surface area contributed by atoms with Crippen molar-refractivity contribution in [2.75, 3.05) is 6.61 Å². The van der Waals surface area contributed by atoms with E-state index < -0.39 is 19.8 Å². The molecule has 9 heteroatoms. The monoisotopic (exact) mass is 202 g/mol. The maximum atomic E-state index is 9.87. The van der Waals surface area contributed by atoms with Gasteiger partial charge in [0.2, 0.25) is 5.91 Å². The topological polar surface area (TPSA) is 167 Å². The maximum absolute atomic E-state index is 9.87. The third-order valence-corrected chi connectivity index (χ3v) is 0.562. The summed E-state index contributed by atoms with van der Waals surface area (Å²) in [5.74, 6) is -0.678. The summed E-state index contributed by atoms with van der Waals surface area (Å²) in [6.45, 7) is -0.380. The zero-order valence-electron chi connectivity index (χ0n) is 5.99. The first kappa shape index (κ1) is 14.0. The molecular weight excluding hydrogens is 191 g/mol. The number of hydrogen-bond donors (Lipinski definition) is 6. The van der Waals surface area contributed by atoms with Gasteiger partial charge in [-0.3, -0.25) is 4.79 Å². The van der Waals surface area contributed by atoms with Crippen molar-refractivity contribution in [1.82, 2.24) is 0 Å². The number of phosphoric acid groups is 1. The molecule has 0 saturated heterocycles. The molecule has 0 aromatic carbocycles. The Labute approximate surface area is 68.0 Å². The summed E-state index contributed by atoms with van der Waals surface area (Å²) in [6, 6.07) is -0.903. The van der Waals surface area contributed by atoms with E-state index in [0.717, 1.165) is 0 Å². The van der Waals surface area contributed by atoms with Crippen LogP contribution < -0.4 is 11.5 Å². The number of primary amides is 1. The smallest absolute Gasteiger partial charge is 0.394 e. The highest BCUT2D eigenvalue weighted by Crippen LogP contribution is 2.25. The normalized spacial score (nSPS) is 12.8. The lowest BCUT2D eigenvalue weighted by atomic mass is 10.3. The van der Waals surface area contributed by atoms with Gasteiger partial charge < -0.3 is 31.3 Å². The number of aliphatic hydroxyl groups excluding tert-OH is 1. The van der Waals surface area contributed by atoms with E-state index in [9.17, 15) is 4.79 Å². The molecule has 8 nitrogen and oxygen atoms in total. The van der Waals surface area contributed by atoms with E-state index in [-0.39, 0.29) is 6.61 Å². The minimum atomic E-state index is -4.64. The van der Waals surface area contributed by atoms with Crippen LogP contribution >= 0.6 is 7.82 Å². The van der Waals surface area contributed by atoms with E-state index in [1.807, 2.05) is 0 Å². The van der Waals surface area contributed by atoms with Crippen LogP contribution in [0.15, 0.2) is 0 Å². The SMILES string of the molecule is NC(=O)C(N)CO.O=P(O)(O)O. The number of rotatable bonds is 2. The Morgan fingerprint density at radius 1 is 1.42 bits per heavy atom. The van der Waals surface area contributed by atoms with E-state index in [1.54, 1.807) is 0 Å². The van der Waals surface area contributed by atoms with Crippen LogP contribution in [0.2, 0.25) is 0 Å². The van der Waals surface area contributed by atoms with Crippen molar-refractivity contribution in [1.29, 1.82) is 0 Å². The van der Waals surface area contributed by atoms with E-state index in [1.165, 1.54) is 0 Å². The van der Waals surface area contributed by atoms with Crippen molar-refractivity contribution in [3.05, 3.63) is 0 Å². The van der Waals surface area contributed by atoms with E-state index in [4.69, 9.17) is 30.1 Å². The number of carbonyl (C=O) groups is 1. The Morgan fingerprint density at radius 2 is 1.67 bits per heavy atom. The Hall–Kier alpha value is -0.500. The predicted molar refractivity (Wildman–Crippen MR) is 38.5 cm³/mol. The molecule has 0 aromatic rings. The van der Waals surface area contributed by atoms with Gasteiger partial charge in [-0.15, -0.1) is 0 Å². The van der Waals surface area contributed by atoms with E-state index in [0.29, 0.717) is 0 Å². The number of carbonyl (C=O) groups excluding carboxylic acids is 1. The average Bonchev–Trinajstić information content (AvgIpc) is 1.82. The van der Waals surface area contributed by atoms with Gasteiger partial charge >= 0.3 is 7.82 Å². The third kappa shape index (κ3) is 22.7. The molecule has 1 amide bonds. The summed E-state index contributed by atoms with van der Waals surface area (Å²) in [5, 5.41) is 8.08. The van der Waals surface area contributed by atoms with Gasteiger partial charge in [0.25, 0.3) is 0 Å². The van der Waals surface area contributed by atoms with Crippen LogP contribution in [0.4, 0.5) is 0 Å². The molecule has 0 aromatic heterocycles. The molecule has 0 spiro atoms. The Kier molecular flexibility index (Phi) is 7.10. The minimum absolute atomic E-state index is 0.380. The molecule has 1 unspecified atom stereocenters. The van der Waals surface area contributed by atoms with Crippen molar-refractivity contribution < 1.29 is 29.1 Å². The molecule has 0 aliphatic heterocycles. The average molecular weight is 202 g/mol. The van der Waals surface area contributed by atoms with Gasteiger partial charge in [0.15, 0.2) is 0 Å². The number of amides is 1. The van der Waals surface area contributed by atoms with E-state index in [2.05, 4.69) is 5.73 Å². The van der Waals surface area contributed by atoms with Crippen LogP contribution in [0.3, 0.4) is 0 Å². The quantitative estimate of drug-likeness (QED) is 0.257. The van der Waals surface area contributed by atoms with Crippen molar-refractivity contribution >= 4 is 13.7 Å². The summed E-state index contributed by atoms with van der Waals surface area (Å²) < 4.78 is 8.88. The second-order valence-electron chi connectivity index (χ2n) is 1.70. The lowest BCUT2D eigenvalue weighted by Crippen LogP contribution is -2.39. The summed E-state index contributed by atoms with van der Waals surface area (Å²) in [6.07, 6.45) is 0. The van der Waals surface area contributed by atoms with Crippen molar-refractivity contribution in [2.45, 2.75) is 6.04 Å². The van der Waals surface area contributed by atoms with Gasteiger partial charge in [-0.05, 0) is 0 Å². The van der Waals surface area contributed by atoms with Gasteiger partial charge in [-0.25, -0.2) is 4.57 Å². The fraction of sp³-hybridized carbons (Fsp3) is 0.667. The molecule has 0 saturated carbocycles. The summed E-state index contributed by atoms with van der Waals surface area (Å²) in [5.41, 5.74) is 9.51. The first-order chi connectivity index (χ1) is 5.18. The Bertz CT molecular complexity index is 169. The fourth-order valence-electron chi connectivity index (χ4n) is 0.0900. The number of aliphatic hydroxyl groups is 1. The first-order valence-corrected chi connectivity index (χ1v) is 4.19. The van der Waals surface area contributed by atoms with Gasteiger partial charge in [0.1, 0.15) is 6.04 Å². The predicted octanol–water partition coefficient (Wildman–Crippen LogP) is -3.14. The van der Waals surface area contributed by atoms with Gasteiger partial charge in [-0.2, -0.15) is 0 Å². The van der Waals surface area contributed by atoms with Crippen LogP contribution in [0.5, 0.6) is 0 Å². The van der Waals surface area contributed by atoms with Crippen LogP contribution in [0.25, 0.3) is 0 Å². The molecule has 0 aliphatic rings. The second-order valence-corrected chi connectivity index (χ2v) is 2.73. The van der Waals surface area contributed by atoms with E-state index >= 15 is 0 Å². The number of hydrogen-bond acceptors (Lipinski definition) is 4. The van der Waals surface area contributed by atoms with Crippen LogP contribution in [0.1, 0.15) is 0 Å². The Morgan fingerprint density at radius 3 is 1.67 bits per heavy atom. The molecule has 0 rings (SSSR count). The third-order valence-electron chi connectivity index (χ3n) is 0.562. The van der Waals surface area contributed by atoms with Crippen LogP contribution in [-0.2, 0) is 9.36 Å². The molecule has 8 N–H and O–H groups in total. The molecule has 0 heterocycles. The van der Waals surface area contributed by atoms with Gasteiger partial charge in [0, 0.05) is 0 Å². The van der Waals surface area contributed by atoms with Crippen LogP contribution in [-0.4, -0.2) is 38.3 Å². The molecular formula is C3H11N2O6P. The maximum Gasteiger partial charge on any atom is 0.466 e. The standard InChI is InChI=1S/C3H8N2O2.H3O4P/c4-2(1-6)3(5)7;1-5(2,3)4/h2,6H,1,4H2,(H2,5,7);(H3,1,2,3,4). The molecule has 0 radical (unpaired) electrons. The van der Waals surface area contributed by atoms with Crippen molar-refractivity contribution in [3.8, 4) is 0 Å². The highest BCUT2D eigenvalue weighted by Gasteiger charge is 2.04. The highest BCUT2D eigenvalue weighted by atomic mass is 31.2. The highest BCUT2D eigenvalue weighted by molar-refractivity contribution is 7.45. The summed E-state index contributed by atoms with van der Waals surface area (Å²) in [4.78, 5) is 31.4.